The van der Waals surface area contributed by atoms with Gasteiger partial charge in [-0.05, 0) is 65.9 Å². The van der Waals surface area contributed by atoms with Gasteiger partial charge in [0.1, 0.15) is 0 Å². The molecule has 0 saturated carbocycles. The molecule has 3 aromatic carbocycles. The predicted octanol–water partition coefficient (Wildman–Crippen LogP) is 4.39. The van der Waals surface area contributed by atoms with Crippen molar-refractivity contribution < 1.29 is 23.8 Å². The molecule has 212 valence electrons. The first-order chi connectivity index (χ1) is 19.8. The van der Waals surface area contributed by atoms with Crippen LogP contribution in [-0.4, -0.2) is 44.7 Å². The van der Waals surface area contributed by atoms with Crippen molar-refractivity contribution in [2.45, 2.75) is 25.8 Å². The summed E-state index contributed by atoms with van der Waals surface area (Å²) >= 11 is 0. The van der Waals surface area contributed by atoms with Crippen LogP contribution in [0.4, 0.5) is 11.4 Å². The number of methoxy groups -OCH3 is 3. The standard InChI is InChI=1S/C31H32N4O6/c1-17(36)34-24-10-8-18-14-27(39-2)30(40-3)31(41-4)29(18)19-9-11-25(26(37)15-21(19)24)33-16-28(38)35-23-7-5-6-22-20(23)12-13-32-22/h5-7,9,11-15,24,32H,8,10,16H2,1-4H3,(H,33,37)(H,34,36)(H,35,38)/t24-/m0/s1. The average molecular weight is 557 g/mol. The molecule has 0 unspecified atom stereocenters. The summed E-state index contributed by atoms with van der Waals surface area (Å²) in [6.07, 6.45) is 2.96. The Morgan fingerprint density at radius 2 is 1.78 bits per heavy atom. The molecule has 5 rings (SSSR count). The lowest BCUT2D eigenvalue weighted by molar-refractivity contribution is -0.119. The summed E-state index contributed by atoms with van der Waals surface area (Å²) in [5.41, 5.74) is 4.56. The first-order valence-electron chi connectivity index (χ1n) is 13.2. The zero-order chi connectivity index (χ0) is 29.1. The highest BCUT2D eigenvalue weighted by molar-refractivity contribution is 6.02. The second kappa shape index (κ2) is 11.6. The molecule has 0 saturated heterocycles. The number of H-pyrrole nitrogens is 1. The van der Waals surface area contributed by atoms with Crippen LogP contribution in [0.3, 0.4) is 0 Å². The number of rotatable bonds is 8. The van der Waals surface area contributed by atoms with Gasteiger partial charge in [0.25, 0.3) is 0 Å². The van der Waals surface area contributed by atoms with E-state index in [0.29, 0.717) is 46.9 Å². The molecule has 10 nitrogen and oxygen atoms in total. The van der Waals surface area contributed by atoms with Crippen LogP contribution in [0.15, 0.2) is 59.5 Å². The van der Waals surface area contributed by atoms with Crippen LogP contribution in [-0.2, 0) is 16.0 Å². The van der Waals surface area contributed by atoms with E-state index in [2.05, 4.69) is 20.9 Å². The molecule has 0 bridgehead atoms. The number of aryl methyl sites for hydroxylation is 1. The molecular weight excluding hydrogens is 524 g/mol. The summed E-state index contributed by atoms with van der Waals surface area (Å²) in [5, 5.41) is 9.77. The van der Waals surface area contributed by atoms with Gasteiger partial charge in [-0.3, -0.25) is 14.4 Å². The van der Waals surface area contributed by atoms with Crippen LogP contribution in [0.25, 0.3) is 22.0 Å². The van der Waals surface area contributed by atoms with E-state index in [0.717, 1.165) is 22.0 Å². The number of aromatic amines is 1. The van der Waals surface area contributed by atoms with E-state index in [1.54, 1.807) is 20.3 Å². The van der Waals surface area contributed by atoms with Gasteiger partial charge in [-0.2, -0.15) is 0 Å². The Labute approximate surface area is 237 Å². The largest absolute Gasteiger partial charge is 0.493 e. The van der Waals surface area contributed by atoms with Gasteiger partial charge < -0.3 is 35.1 Å². The van der Waals surface area contributed by atoms with Crippen molar-refractivity contribution in [3.05, 3.63) is 76.1 Å². The molecular formula is C31H32N4O6. The van der Waals surface area contributed by atoms with Crippen LogP contribution >= 0.6 is 0 Å². The number of benzene rings is 2. The molecule has 0 radical (unpaired) electrons. The lowest BCUT2D eigenvalue weighted by atomic mass is 9.95. The maximum absolute atomic E-state index is 13.4. The van der Waals surface area contributed by atoms with Crippen molar-refractivity contribution in [2.24, 2.45) is 0 Å². The molecule has 1 heterocycles. The van der Waals surface area contributed by atoms with Crippen LogP contribution in [0.2, 0.25) is 0 Å². The maximum Gasteiger partial charge on any atom is 0.243 e. The van der Waals surface area contributed by atoms with Crippen molar-refractivity contribution >= 4 is 34.1 Å². The number of fused-ring (bicyclic) bond motifs is 4. The number of ether oxygens (including phenoxy) is 3. The summed E-state index contributed by atoms with van der Waals surface area (Å²) < 4.78 is 17.0. The summed E-state index contributed by atoms with van der Waals surface area (Å²) in [6.45, 7) is 1.33. The van der Waals surface area contributed by atoms with Crippen LogP contribution in [0.5, 0.6) is 17.2 Å². The molecule has 2 amide bonds. The predicted molar refractivity (Wildman–Crippen MR) is 158 cm³/mol. The highest BCUT2D eigenvalue weighted by Gasteiger charge is 2.29. The van der Waals surface area contributed by atoms with Gasteiger partial charge in [0.05, 0.1) is 45.3 Å². The van der Waals surface area contributed by atoms with E-state index in [1.807, 2.05) is 42.6 Å². The SMILES string of the molecule is COc1cc2c(c(OC)c1OC)-c1ccc(NCC(=O)Nc3cccc4[nH]ccc34)c(=O)cc1[C@@H](NC(C)=O)CC2. The molecule has 41 heavy (non-hydrogen) atoms. The number of nitrogens with one attached hydrogen (secondary N) is 4. The number of aromatic nitrogens is 1. The Morgan fingerprint density at radius 3 is 2.51 bits per heavy atom. The Bertz CT molecular complexity index is 1700. The van der Waals surface area contributed by atoms with Crippen molar-refractivity contribution in [1.29, 1.82) is 0 Å². The molecule has 1 atom stereocenters. The summed E-state index contributed by atoms with van der Waals surface area (Å²) in [7, 11) is 4.65. The van der Waals surface area contributed by atoms with E-state index in [9.17, 15) is 14.4 Å². The fourth-order valence-corrected chi connectivity index (χ4v) is 5.42. The quantitative estimate of drug-likeness (QED) is 0.253. The molecule has 0 aliphatic heterocycles. The highest BCUT2D eigenvalue weighted by Crippen LogP contribution is 2.50. The van der Waals surface area contributed by atoms with Crippen molar-refractivity contribution in [3.63, 3.8) is 0 Å². The zero-order valence-electron chi connectivity index (χ0n) is 23.3. The Morgan fingerprint density at radius 1 is 0.976 bits per heavy atom. The normalized spacial score (nSPS) is 13.8. The molecule has 0 spiro atoms. The average Bonchev–Trinajstić information content (AvgIpc) is 3.33. The minimum absolute atomic E-state index is 0.120. The Kier molecular flexibility index (Phi) is 7.82. The highest BCUT2D eigenvalue weighted by atomic mass is 16.5. The Hall–Kier alpha value is -4.99. The molecule has 1 aromatic heterocycles. The number of anilines is 2. The minimum atomic E-state index is -0.422. The van der Waals surface area contributed by atoms with Crippen molar-refractivity contribution in [1.82, 2.24) is 10.3 Å². The third-order valence-electron chi connectivity index (χ3n) is 7.22. The van der Waals surface area contributed by atoms with Gasteiger partial charge in [-0.15, -0.1) is 0 Å². The second-order valence-electron chi connectivity index (χ2n) is 9.74. The molecule has 1 aliphatic carbocycles. The maximum atomic E-state index is 13.4. The molecule has 4 N–H and O–H groups in total. The zero-order valence-corrected chi connectivity index (χ0v) is 23.3. The monoisotopic (exact) mass is 556 g/mol. The van der Waals surface area contributed by atoms with Gasteiger partial charge in [0.15, 0.2) is 11.5 Å². The summed E-state index contributed by atoms with van der Waals surface area (Å²) in [5.74, 6) is 0.916. The first kappa shape index (κ1) is 27.6. The van der Waals surface area contributed by atoms with Crippen molar-refractivity contribution in [2.75, 3.05) is 38.5 Å². The number of hydrogen-bond acceptors (Lipinski definition) is 7. The van der Waals surface area contributed by atoms with Gasteiger partial charge in [0.2, 0.25) is 23.0 Å². The lowest BCUT2D eigenvalue weighted by Crippen LogP contribution is -2.27. The van der Waals surface area contributed by atoms with Gasteiger partial charge in [-0.1, -0.05) is 12.1 Å². The van der Waals surface area contributed by atoms with E-state index < -0.39 is 6.04 Å². The van der Waals surface area contributed by atoms with Gasteiger partial charge >= 0.3 is 0 Å². The fourth-order valence-electron chi connectivity index (χ4n) is 5.42. The third-order valence-corrected chi connectivity index (χ3v) is 7.22. The molecule has 10 heteroatoms. The van der Waals surface area contributed by atoms with E-state index >= 15 is 0 Å². The number of amides is 2. The third kappa shape index (κ3) is 5.41. The van der Waals surface area contributed by atoms with E-state index in [-0.39, 0.29) is 29.5 Å². The molecule has 1 aliphatic rings. The van der Waals surface area contributed by atoms with Crippen LogP contribution in [0.1, 0.15) is 30.5 Å². The molecule has 4 aromatic rings. The topological polar surface area (TPSA) is 131 Å². The minimum Gasteiger partial charge on any atom is -0.493 e. The van der Waals surface area contributed by atoms with Crippen LogP contribution in [0, 0.1) is 0 Å². The van der Waals surface area contributed by atoms with Crippen LogP contribution < -0.4 is 35.6 Å². The number of carbonyl (C=O) groups excluding carboxylic acids is 2. The smallest absolute Gasteiger partial charge is 0.243 e. The second-order valence-corrected chi connectivity index (χ2v) is 9.74. The van der Waals surface area contributed by atoms with E-state index in [4.69, 9.17) is 14.2 Å². The van der Waals surface area contributed by atoms with Crippen molar-refractivity contribution in [3.8, 4) is 28.4 Å². The fraction of sp³-hybridized carbons (Fsp3) is 0.258. The summed E-state index contributed by atoms with van der Waals surface area (Å²) in [4.78, 5) is 41.5. The van der Waals surface area contributed by atoms with Gasteiger partial charge in [0, 0.05) is 29.6 Å². The van der Waals surface area contributed by atoms with E-state index in [1.165, 1.54) is 20.1 Å². The summed E-state index contributed by atoms with van der Waals surface area (Å²) in [6, 6.07) is 13.9. The lowest BCUT2D eigenvalue weighted by Gasteiger charge is -2.19. The molecule has 0 fully saturated rings. The number of hydrogen-bond donors (Lipinski definition) is 4. The first-order valence-corrected chi connectivity index (χ1v) is 13.2. The number of carbonyl (C=O) groups is 2. The Balaban J connectivity index is 1.53. The van der Waals surface area contributed by atoms with Gasteiger partial charge in [-0.25, -0.2) is 0 Å².